The summed E-state index contributed by atoms with van der Waals surface area (Å²) in [6.45, 7) is 18.7. The van der Waals surface area contributed by atoms with E-state index in [9.17, 15) is 0 Å². The fourth-order valence-corrected chi connectivity index (χ4v) is 5.46. The molecule has 1 aromatic rings. The monoisotopic (exact) mass is 272 g/mol. The Labute approximate surface area is 101 Å². The molecule has 0 nitrogen and oxygen atoms in total. The molecule has 1 aromatic heterocycles. The summed E-state index contributed by atoms with van der Waals surface area (Å²) in [5.74, 6) is 0. The van der Waals surface area contributed by atoms with E-state index in [1.807, 2.05) is 0 Å². The number of aryl methyl sites for hydroxylation is 1. The summed E-state index contributed by atoms with van der Waals surface area (Å²) in [4.78, 5) is 0. The van der Waals surface area contributed by atoms with Crippen molar-refractivity contribution in [3.63, 3.8) is 0 Å². The first-order chi connectivity index (χ1) is 6.55. The van der Waals surface area contributed by atoms with Crippen molar-refractivity contribution in [3.05, 3.63) is 20.0 Å². The van der Waals surface area contributed by atoms with Gasteiger partial charge in [0.15, 0.2) is 0 Å². The molecule has 0 fully saturated rings. The number of rotatable bonds is 0. The van der Waals surface area contributed by atoms with Gasteiger partial charge in [0.25, 0.3) is 0 Å². The molecule has 1 heteroatoms. The molecule has 0 bridgehead atoms. The first-order valence-electron chi connectivity index (χ1n) is 5.66. The van der Waals surface area contributed by atoms with E-state index >= 15 is 0 Å². The minimum atomic E-state index is 0.308. The third-order valence-electron chi connectivity index (χ3n) is 2.75. The molecule has 0 aliphatic heterocycles. The molecule has 0 aromatic carbocycles. The Morgan fingerprint density at radius 3 is 1.47 bits per heavy atom. The molecular weight excluding hydrogens is 247 g/mol. The summed E-state index contributed by atoms with van der Waals surface area (Å²) < 4.78 is 3.33. The Morgan fingerprint density at radius 1 is 0.800 bits per heavy atom. The van der Waals surface area contributed by atoms with Crippen LogP contribution < -0.4 is 0 Å². The first-order valence-corrected chi connectivity index (χ1v) is 7.37. The Balaban J connectivity index is 3.41. The van der Waals surface area contributed by atoms with E-state index in [0.717, 1.165) is 0 Å². The molecule has 1 rings (SSSR count). The molecule has 0 aliphatic carbocycles. The van der Waals surface area contributed by atoms with Crippen molar-refractivity contribution in [2.75, 3.05) is 0 Å². The quantitative estimate of drug-likeness (QED) is 0.627. The van der Waals surface area contributed by atoms with E-state index in [1.54, 1.807) is 20.0 Å². The second-order valence-electron chi connectivity index (χ2n) is 6.49. The summed E-state index contributed by atoms with van der Waals surface area (Å²) in [7, 11) is 0. The standard InChI is InChI=1S/C14H24Se/c1-9-11(13(3,4)5)10(2)15-12(9)14(6,7)8/h1-8H3. The molecule has 0 saturated carbocycles. The van der Waals surface area contributed by atoms with E-state index in [-0.39, 0.29) is 0 Å². The van der Waals surface area contributed by atoms with Gasteiger partial charge in [-0.3, -0.25) is 0 Å². The van der Waals surface area contributed by atoms with E-state index in [1.165, 1.54) is 0 Å². The SMILES string of the molecule is Cc1[se]c(C(C)(C)C)c(C)c1C(C)(C)C. The predicted octanol–water partition coefficient (Wildman–Crippen LogP) is 3.96. The fourth-order valence-electron chi connectivity index (χ4n) is 2.46. The number of hydrogen-bond donors (Lipinski definition) is 0. The molecule has 0 saturated heterocycles. The van der Waals surface area contributed by atoms with E-state index < -0.39 is 0 Å². The van der Waals surface area contributed by atoms with Crippen LogP contribution in [0.1, 0.15) is 61.5 Å². The van der Waals surface area contributed by atoms with Crippen molar-refractivity contribution in [2.24, 2.45) is 0 Å². The van der Waals surface area contributed by atoms with Crippen LogP contribution in [-0.2, 0) is 10.8 Å². The van der Waals surface area contributed by atoms with Crippen molar-refractivity contribution < 1.29 is 0 Å². The zero-order valence-electron chi connectivity index (χ0n) is 11.4. The zero-order chi connectivity index (χ0) is 12.0. The Kier molecular flexibility index (Phi) is 3.30. The van der Waals surface area contributed by atoms with Gasteiger partial charge in [-0.25, -0.2) is 0 Å². The van der Waals surface area contributed by atoms with Crippen LogP contribution in [0.2, 0.25) is 0 Å². The van der Waals surface area contributed by atoms with E-state index in [4.69, 9.17) is 0 Å². The van der Waals surface area contributed by atoms with Crippen molar-refractivity contribution >= 4 is 14.5 Å². The van der Waals surface area contributed by atoms with Crippen LogP contribution in [0.3, 0.4) is 0 Å². The van der Waals surface area contributed by atoms with Crippen molar-refractivity contribution in [2.45, 2.75) is 66.2 Å². The van der Waals surface area contributed by atoms with Gasteiger partial charge in [0, 0.05) is 0 Å². The van der Waals surface area contributed by atoms with E-state index in [0.29, 0.717) is 25.3 Å². The molecule has 0 atom stereocenters. The molecule has 0 aliphatic rings. The maximum atomic E-state index is 2.34. The summed E-state index contributed by atoms with van der Waals surface area (Å²) >= 11 is 0.588. The van der Waals surface area contributed by atoms with Gasteiger partial charge in [-0.1, -0.05) is 0 Å². The van der Waals surface area contributed by atoms with Crippen LogP contribution in [0.15, 0.2) is 0 Å². The van der Waals surface area contributed by atoms with Gasteiger partial charge < -0.3 is 0 Å². The van der Waals surface area contributed by atoms with Crippen LogP contribution in [0.4, 0.5) is 0 Å². The Morgan fingerprint density at radius 2 is 1.27 bits per heavy atom. The summed E-state index contributed by atoms with van der Waals surface area (Å²) in [6, 6.07) is 0. The van der Waals surface area contributed by atoms with Gasteiger partial charge in [-0.15, -0.1) is 0 Å². The molecule has 0 radical (unpaired) electrons. The van der Waals surface area contributed by atoms with Crippen LogP contribution in [0.5, 0.6) is 0 Å². The van der Waals surface area contributed by atoms with Gasteiger partial charge >= 0.3 is 101 Å². The van der Waals surface area contributed by atoms with E-state index in [2.05, 4.69) is 55.4 Å². The molecular formula is C14H24Se. The van der Waals surface area contributed by atoms with Crippen LogP contribution in [0.25, 0.3) is 0 Å². The fraction of sp³-hybridized carbons (Fsp3) is 0.714. The maximum absolute atomic E-state index is 2.34. The third-order valence-corrected chi connectivity index (χ3v) is 6.18. The zero-order valence-corrected chi connectivity index (χ0v) is 13.1. The topological polar surface area (TPSA) is 0 Å². The van der Waals surface area contributed by atoms with Crippen molar-refractivity contribution in [3.8, 4) is 0 Å². The van der Waals surface area contributed by atoms with Crippen LogP contribution in [-0.4, -0.2) is 14.5 Å². The molecule has 0 N–H and O–H groups in total. The normalized spacial score (nSPS) is 13.3. The van der Waals surface area contributed by atoms with Crippen LogP contribution in [0, 0.1) is 13.8 Å². The number of hydrogen-bond acceptors (Lipinski definition) is 0. The third kappa shape index (κ3) is 2.57. The molecule has 15 heavy (non-hydrogen) atoms. The molecule has 86 valence electrons. The van der Waals surface area contributed by atoms with Gasteiger partial charge in [-0.2, -0.15) is 0 Å². The van der Waals surface area contributed by atoms with Crippen molar-refractivity contribution in [1.82, 2.24) is 0 Å². The predicted molar refractivity (Wildman–Crippen MR) is 70.3 cm³/mol. The van der Waals surface area contributed by atoms with Crippen LogP contribution >= 0.6 is 0 Å². The molecule has 0 spiro atoms. The molecule has 0 unspecified atom stereocenters. The minimum absolute atomic E-state index is 0.308. The summed E-state index contributed by atoms with van der Waals surface area (Å²) in [5, 5.41) is 0. The van der Waals surface area contributed by atoms with Gasteiger partial charge in [0.05, 0.1) is 0 Å². The average Bonchev–Trinajstić information content (AvgIpc) is 2.22. The second kappa shape index (κ2) is 3.79. The Bertz CT molecular complexity index is 356. The second-order valence-corrected chi connectivity index (χ2v) is 9.06. The molecule has 1 heterocycles. The first kappa shape index (κ1) is 13.1. The summed E-state index contributed by atoms with van der Waals surface area (Å²) in [6.07, 6.45) is 0. The van der Waals surface area contributed by atoms with Gasteiger partial charge in [0.2, 0.25) is 0 Å². The van der Waals surface area contributed by atoms with Gasteiger partial charge in [-0.05, 0) is 0 Å². The average molecular weight is 271 g/mol. The Hall–Kier alpha value is -0.000519. The summed E-state index contributed by atoms with van der Waals surface area (Å²) in [5.41, 5.74) is 3.85. The molecule has 0 amide bonds. The van der Waals surface area contributed by atoms with Crippen molar-refractivity contribution in [1.29, 1.82) is 0 Å². The van der Waals surface area contributed by atoms with Gasteiger partial charge in [0.1, 0.15) is 0 Å².